The summed E-state index contributed by atoms with van der Waals surface area (Å²) < 4.78 is 24.2. The van der Waals surface area contributed by atoms with Crippen molar-refractivity contribution in [1.82, 2.24) is 0 Å². The molecule has 2 aliphatic heterocycles. The molecule has 2 heterocycles. The summed E-state index contributed by atoms with van der Waals surface area (Å²) in [6, 6.07) is 15.7. The minimum atomic E-state index is -3.03. The molecule has 4 nitrogen and oxygen atoms in total. The molecule has 0 aromatic heterocycles. The van der Waals surface area contributed by atoms with E-state index in [4.69, 9.17) is 16.6 Å². The molecule has 0 spiro atoms. The van der Waals surface area contributed by atoms with Crippen LogP contribution in [0.5, 0.6) is 0 Å². The van der Waals surface area contributed by atoms with E-state index < -0.39 is 9.84 Å². The van der Waals surface area contributed by atoms with E-state index >= 15 is 0 Å². The molecule has 0 bridgehead atoms. The van der Waals surface area contributed by atoms with Gasteiger partial charge in [-0.25, -0.2) is 8.42 Å². The average Bonchev–Trinajstić information content (AvgIpc) is 3.05. The zero-order valence-electron chi connectivity index (χ0n) is 14.3. The van der Waals surface area contributed by atoms with Gasteiger partial charge in [0.05, 0.1) is 23.6 Å². The van der Waals surface area contributed by atoms with Crippen LogP contribution in [-0.2, 0) is 15.6 Å². The summed E-state index contributed by atoms with van der Waals surface area (Å²) in [4.78, 5) is 6.86. The number of hydrogen-bond acceptors (Lipinski definition) is 5. The fourth-order valence-electron chi connectivity index (χ4n) is 3.42. The Balaban J connectivity index is 1.61. The molecule has 2 aromatic rings. The van der Waals surface area contributed by atoms with Crippen molar-refractivity contribution in [1.29, 1.82) is 0 Å². The summed E-state index contributed by atoms with van der Waals surface area (Å²) >= 11 is 7.70. The first-order chi connectivity index (χ1) is 12.4. The molecule has 7 heteroatoms. The van der Waals surface area contributed by atoms with Gasteiger partial charge >= 0.3 is 0 Å². The third kappa shape index (κ3) is 3.63. The molecular weight excluding hydrogens is 388 g/mol. The molecule has 0 saturated carbocycles. The number of rotatable bonds is 3. The minimum absolute atomic E-state index is 0.107. The molecule has 1 fully saturated rings. The lowest BCUT2D eigenvalue weighted by Gasteiger charge is -2.26. The van der Waals surface area contributed by atoms with Crippen molar-refractivity contribution in [3.8, 4) is 0 Å². The van der Waals surface area contributed by atoms with Gasteiger partial charge in [0.25, 0.3) is 0 Å². The van der Waals surface area contributed by atoms with Crippen LogP contribution in [0.2, 0.25) is 5.02 Å². The number of aliphatic imine (C=N–C) groups is 1. The first-order valence-corrected chi connectivity index (χ1v) is 11.6. The Bertz CT molecular complexity index is 958. The Kier molecular flexibility index (Phi) is 4.75. The molecule has 0 aliphatic carbocycles. The lowest BCUT2D eigenvalue weighted by atomic mass is 10.1. The highest BCUT2D eigenvalue weighted by atomic mass is 35.5. The Morgan fingerprint density at radius 3 is 2.69 bits per heavy atom. The molecule has 2 aliphatic rings. The molecule has 4 rings (SSSR count). The smallest absolute Gasteiger partial charge is 0.164 e. The van der Waals surface area contributed by atoms with Crippen molar-refractivity contribution in [2.24, 2.45) is 4.99 Å². The molecule has 1 saturated heterocycles. The molecule has 26 heavy (non-hydrogen) atoms. The van der Waals surface area contributed by atoms with Crippen LogP contribution < -0.4 is 4.90 Å². The van der Waals surface area contributed by atoms with E-state index in [9.17, 15) is 8.42 Å². The van der Waals surface area contributed by atoms with Gasteiger partial charge in [-0.2, -0.15) is 0 Å². The van der Waals surface area contributed by atoms with Crippen LogP contribution in [-0.4, -0.2) is 37.2 Å². The van der Waals surface area contributed by atoms with Crippen LogP contribution in [0.4, 0.5) is 5.69 Å². The minimum Gasteiger partial charge on any atom is -0.315 e. The summed E-state index contributed by atoms with van der Waals surface area (Å²) in [5.41, 5.74) is 3.30. The monoisotopic (exact) mass is 406 g/mol. The second-order valence-corrected chi connectivity index (χ2v) is 10.3. The highest BCUT2D eigenvalue weighted by molar-refractivity contribution is 8.13. The number of amidine groups is 1. The van der Waals surface area contributed by atoms with Gasteiger partial charge in [-0.15, -0.1) is 0 Å². The van der Waals surface area contributed by atoms with Gasteiger partial charge < -0.3 is 4.90 Å². The summed E-state index contributed by atoms with van der Waals surface area (Å²) in [6.07, 6.45) is 0. The molecule has 0 radical (unpaired) electrons. The second-order valence-electron chi connectivity index (χ2n) is 6.75. The number of anilines is 1. The Morgan fingerprint density at radius 1 is 1.19 bits per heavy atom. The summed E-state index contributed by atoms with van der Waals surface area (Å²) in [5, 5.41) is 1.61. The number of aryl methyl sites for hydroxylation is 1. The van der Waals surface area contributed by atoms with Gasteiger partial charge in [0.2, 0.25) is 0 Å². The van der Waals surface area contributed by atoms with Gasteiger partial charge in [0.15, 0.2) is 15.0 Å². The number of sulfone groups is 1. The zero-order valence-corrected chi connectivity index (χ0v) is 16.7. The van der Waals surface area contributed by atoms with Crippen molar-refractivity contribution in [3.05, 3.63) is 64.7 Å². The fraction of sp³-hybridized carbons (Fsp3) is 0.316. The summed E-state index contributed by atoms with van der Waals surface area (Å²) in [5.74, 6) is 1.05. The SMILES string of the molecule is Cc1ccc(N2C(SCc3cccc(Cl)c3)=NC3CS(=O)(=O)CC32)cc1. The van der Waals surface area contributed by atoms with Crippen LogP contribution in [0.3, 0.4) is 0 Å². The predicted molar refractivity (Wildman–Crippen MR) is 110 cm³/mol. The highest BCUT2D eigenvalue weighted by Crippen LogP contribution is 2.36. The van der Waals surface area contributed by atoms with E-state index in [1.54, 1.807) is 11.8 Å². The third-order valence-electron chi connectivity index (χ3n) is 4.68. The maximum Gasteiger partial charge on any atom is 0.164 e. The number of hydrogen-bond donors (Lipinski definition) is 0. The highest BCUT2D eigenvalue weighted by Gasteiger charge is 2.47. The largest absolute Gasteiger partial charge is 0.315 e. The number of halogens is 1. The Hall–Kier alpha value is -1.50. The quantitative estimate of drug-likeness (QED) is 0.775. The van der Waals surface area contributed by atoms with Crippen LogP contribution in [0.1, 0.15) is 11.1 Å². The summed E-state index contributed by atoms with van der Waals surface area (Å²) in [7, 11) is -3.03. The number of nitrogens with zero attached hydrogens (tertiary/aromatic N) is 2. The normalized spacial score (nSPS) is 23.8. The molecule has 0 amide bonds. The maximum absolute atomic E-state index is 12.1. The van der Waals surface area contributed by atoms with Crippen LogP contribution in [0.15, 0.2) is 53.5 Å². The van der Waals surface area contributed by atoms with Crippen molar-refractivity contribution in [2.45, 2.75) is 24.8 Å². The third-order valence-corrected chi connectivity index (χ3v) is 7.65. The van der Waals surface area contributed by atoms with Crippen LogP contribution >= 0.6 is 23.4 Å². The van der Waals surface area contributed by atoms with E-state index in [2.05, 4.69) is 4.90 Å². The first kappa shape index (κ1) is 17.9. The van der Waals surface area contributed by atoms with E-state index in [-0.39, 0.29) is 23.6 Å². The molecule has 2 aromatic carbocycles. The van der Waals surface area contributed by atoms with E-state index in [1.807, 2.05) is 55.5 Å². The van der Waals surface area contributed by atoms with Gasteiger partial charge in [0, 0.05) is 16.5 Å². The van der Waals surface area contributed by atoms with E-state index in [0.717, 1.165) is 27.2 Å². The lowest BCUT2D eigenvalue weighted by molar-refractivity contribution is 0.601. The maximum atomic E-state index is 12.1. The Morgan fingerprint density at radius 2 is 1.96 bits per heavy atom. The zero-order chi connectivity index (χ0) is 18.3. The van der Waals surface area contributed by atoms with E-state index in [1.165, 1.54) is 5.56 Å². The van der Waals surface area contributed by atoms with Crippen molar-refractivity contribution < 1.29 is 8.42 Å². The summed E-state index contributed by atoms with van der Waals surface area (Å²) in [6.45, 7) is 2.04. The molecule has 0 N–H and O–H groups in total. The van der Waals surface area contributed by atoms with Gasteiger partial charge in [-0.05, 0) is 36.8 Å². The Labute approximate surface area is 163 Å². The van der Waals surface area contributed by atoms with Crippen LogP contribution in [0, 0.1) is 6.92 Å². The standard InChI is InChI=1S/C19H19ClN2O2S2/c1-13-5-7-16(8-6-13)22-18-12-26(23,24)11-17(18)21-19(22)25-10-14-3-2-4-15(20)9-14/h2-9,17-18H,10-12H2,1H3. The van der Waals surface area contributed by atoms with Crippen molar-refractivity contribution >= 4 is 44.1 Å². The van der Waals surface area contributed by atoms with Gasteiger partial charge in [0.1, 0.15) is 0 Å². The number of fused-ring (bicyclic) bond motifs is 1. The molecule has 2 unspecified atom stereocenters. The lowest BCUT2D eigenvalue weighted by Crippen LogP contribution is -2.39. The average molecular weight is 407 g/mol. The second kappa shape index (κ2) is 6.91. The fourth-order valence-corrected chi connectivity index (χ4v) is 6.54. The van der Waals surface area contributed by atoms with Crippen molar-refractivity contribution in [3.63, 3.8) is 0 Å². The molecule has 2 atom stereocenters. The topological polar surface area (TPSA) is 49.7 Å². The molecular formula is C19H19ClN2O2S2. The molecule has 136 valence electrons. The van der Waals surface area contributed by atoms with Gasteiger partial charge in [-0.1, -0.05) is 53.2 Å². The van der Waals surface area contributed by atoms with E-state index in [0.29, 0.717) is 0 Å². The van der Waals surface area contributed by atoms with Gasteiger partial charge in [-0.3, -0.25) is 4.99 Å². The predicted octanol–water partition coefficient (Wildman–Crippen LogP) is 3.92. The van der Waals surface area contributed by atoms with Crippen molar-refractivity contribution in [2.75, 3.05) is 16.4 Å². The van der Waals surface area contributed by atoms with Crippen LogP contribution in [0.25, 0.3) is 0 Å². The first-order valence-electron chi connectivity index (χ1n) is 8.43. The number of benzene rings is 2. The number of thioether (sulfide) groups is 1.